The lowest BCUT2D eigenvalue weighted by Crippen LogP contribution is -2.00. The van der Waals surface area contributed by atoms with Crippen LogP contribution in [0.25, 0.3) is 0 Å². The Bertz CT molecular complexity index is 546. The Morgan fingerprint density at radius 1 is 1.05 bits per heavy atom. The monoisotopic (exact) mass is 269 g/mol. The molecular weight excluding hydrogens is 246 g/mol. The molecule has 0 radical (unpaired) electrons. The van der Waals surface area contributed by atoms with Gasteiger partial charge in [-0.1, -0.05) is 43.2 Å². The minimum absolute atomic E-state index is 0.492. The van der Waals surface area contributed by atoms with Crippen molar-refractivity contribution in [2.45, 2.75) is 39.7 Å². The number of nitrogens with two attached hydrogens (primary N) is 1. The quantitative estimate of drug-likeness (QED) is 0.832. The Morgan fingerprint density at radius 3 is 2.45 bits per heavy atom. The van der Waals surface area contributed by atoms with Crippen LogP contribution in [0.3, 0.4) is 0 Å². The molecule has 0 atom stereocenters. The summed E-state index contributed by atoms with van der Waals surface area (Å²) in [4.78, 5) is 0. The molecule has 0 saturated carbocycles. The van der Waals surface area contributed by atoms with Gasteiger partial charge in [-0.25, -0.2) is 0 Å². The normalized spacial score (nSPS) is 10.6. The first-order valence-corrected chi connectivity index (χ1v) is 7.29. The van der Waals surface area contributed by atoms with Gasteiger partial charge < -0.3 is 10.5 Å². The van der Waals surface area contributed by atoms with Crippen molar-refractivity contribution in [3.05, 3.63) is 59.2 Å². The summed E-state index contributed by atoms with van der Waals surface area (Å²) < 4.78 is 5.93. The van der Waals surface area contributed by atoms with Crippen molar-refractivity contribution < 1.29 is 4.74 Å². The maximum atomic E-state index is 5.93. The van der Waals surface area contributed by atoms with Crippen LogP contribution in [0.4, 0.5) is 0 Å². The highest BCUT2D eigenvalue weighted by Crippen LogP contribution is 2.26. The molecule has 0 fully saturated rings. The summed E-state index contributed by atoms with van der Waals surface area (Å²) in [5.41, 5.74) is 9.38. The van der Waals surface area contributed by atoms with Gasteiger partial charge in [0.2, 0.25) is 0 Å². The fraction of sp³-hybridized carbons (Fsp3) is 0.333. The van der Waals surface area contributed by atoms with Crippen LogP contribution in [-0.2, 0) is 13.0 Å². The second-order valence-corrected chi connectivity index (χ2v) is 5.16. The van der Waals surface area contributed by atoms with Crippen molar-refractivity contribution in [3.8, 4) is 11.5 Å². The second-order valence-electron chi connectivity index (χ2n) is 5.16. The summed E-state index contributed by atoms with van der Waals surface area (Å²) in [7, 11) is 0. The van der Waals surface area contributed by atoms with Crippen molar-refractivity contribution in [2.75, 3.05) is 0 Å². The topological polar surface area (TPSA) is 35.2 Å². The number of ether oxygens (including phenoxy) is 1. The minimum atomic E-state index is 0.492. The van der Waals surface area contributed by atoms with Gasteiger partial charge in [-0.2, -0.15) is 0 Å². The molecule has 2 N–H and O–H groups in total. The second kappa shape index (κ2) is 7.11. The highest BCUT2D eigenvalue weighted by atomic mass is 16.5. The summed E-state index contributed by atoms with van der Waals surface area (Å²) in [5, 5.41) is 0. The van der Waals surface area contributed by atoms with Crippen LogP contribution >= 0.6 is 0 Å². The number of aryl methyl sites for hydroxylation is 2. The molecule has 0 saturated heterocycles. The van der Waals surface area contributed by atoms with E-state index < -0.39 is 0 Å². The van der Waals surface area contributed by atoms with Crippen LogP contribution in [0, 0.1) is 6.92 Å². The Hall–Kier alpha value is -1.80. The molecule has 2 aromatic rings. The van der Waals surface area contributed by atoms with Crippen molar-refractivity contribution in [3.63, 3.8) is 0 Å². The maximum Gasteiger partial charge on any atom is 0.131 e. The third-order valence-electron chi connectivity index (χ3n) is 3.41. The van der Waals surface area contributed by atoms with E-state index >= 15 is 0 Å². The highest BCUT2D eigenvalue weighted by Gasteiger charge is 2.04. The zero-order chi connectivity index (χ0) is 14.4. The van der Waals surface area contributed by atoms with Crippen LogP contribution in [0.15, 0.2) is 42.5 Å². The van der Waals surface area contributed by atoms with Crippen LogP contribution in [0.5, 0.6) is 11.5 Å². The summed E-state index contributed by atoms with van der Waals surface area (Å²) in [6.07, 6.45) is 3.59. The largest absolute Gasteiger partial charge is 0.457 e. The molecule has 106 valence electrons. The van der Waals surface area contributed by atoms with Crippen molar-refractivity contribution in [2.24, 2.45) is 5.73 Å². The number of rotatable bonds is 6. The molecule has 0 aliphatic carbocycles. The smallest absolute Gasteiger partial charge is 0.131 e. The van der Waals surface area contributed by atoms with E-state index in [4.69, 9.17) is 10.5 Å². The molecule has 2 nitrogen and oxygen atoms in total. The van der Waals surface area contributed by atoms with Gasteiger partial charge in [-0.3, -0.25) is 0 Å². The molecule has 0 spiro atoms. The van der Waals surface area contributed by atoms with Gasteiger partial charge in [0.15, 0.2) is 0 Å². The highest BCUT2D eigenvalue weighted by molar-refractivity contribution is 5.40. The van der Waals surface area contributed by atoms with Crippen LogP contribution in [0.1, 0.15) is 36.5 Å². The Labute approximate surface area is 121 Å². The Kier molecular flexibility index (Phi) is 5.19. The van der Waals surface area contributed by atoms with Gasteiger partial charge in [0.25, 0.3) is 0 Å². The molecule has 0 heterocycles. The number of hydrogen-bond donors (Lipinski definition) is 1. The molecule has 0 aliphatic rings. The van der Waals surface area contributed by atoms with Gasteiger partial charge in [-0.05, 0) is 43.5 Å². The summed E-state index contributed by atoms with van der Waals surface area (Å²) in [6.45, 7) is 4.76. The lowest BCUT2D eigenvalue weighted by molar-refractivity contribution is 0.476. The van der Waals surface area contributed by atoms with Crippen molar-refractivity contribution >= 4 is 0 Å². The van der Waals surface area contributed by atoms with E-state index in [9.17, 15) is 0 Å². The van der Waals surface area contributed by atoms with Crippen LogP contribution in [-0.4, -0.2) is 0 Å². The number of benzene rings is 2. The van der Waals surface area contributed by atoms with Crippen molar-refractivity contribution in [1.29, 1.82) is 0 Å². The summed E-state index contributed by atoms with van der Waals surface area (Å²) in [5.74, 6) is 1.71. The summed E-state index contributed by atoms with van der Waals surface area (Å²) >= 11 is 0. The first-order valence-electron chi connectivity index (χ1n) is 7.29. The third-order valence-corrected chi connectivity index (χ3v) is 3.41. The van der Waals surface area contributed by atoms with Gasteiger partial charge in [0.1, 0.15) is 11.5 Å². The molecular formula is C18H23NO. The molecule has 0 unspecified atom stereocenters. The average molecular weight is 269 g/mol. The first kappa shape index (κ1) is 14.6. The molecule has 20 heavy (non-hydrogen) atoms. The zero-order valence-electron chi connectivity index (χ0n) is 12.4. The molecule has 0 aromatic heterocycles. The van der Waals surface area contributed by atoms with Gasteiger partial charge in [0, 0.05) is 12.1 Å². The Morgan fingerprint density at radius 2 is 1.80 bits per heavy atom. The number of hydrogen-bond acceptors (Lipinski definition) is 2. The third kappa shape index (κ3) is 3.84. The van der Waals surface area contributed by atoms with Crippen molar-refractivity contribution in [1.82, 2.24) is 0 Å². The van der Waals surface area contributed by atoms with E-state index in [0.717, 1.165) is 23.5 Å². The van der Waals surface area contributed by atoms with Gasteiger partial charge >= 0.3 is 0 Å². The van der Waals surface area contributed by atoms with E-state index in [1.807, 2.05) is 24.3 Å². The van der Waals surface area contributed by atoms with Crippen LogP contribution in [0.2, 0.25) is 0 Å². The lowest BCUT2D eigenvalue weighted by atomic mass is 10.1. The van der Waals surface area contributed by atoms with E-state index in [0.29, 0.717) is 6.54 Å². The predicted molar refractivity (Wildman–Crippen MR) is 84.2 cm³/mol. The molecule has 2 aromatic carbocycles. The fourth-order valence-corrected chi connectivity index (χ4v) is 2.20. The minimum Gasteiger partial charge on any atom is -0.457 e. The molecule has 0 amide bonds. The maximum absolute atomic E-state index is 5.93. The Balaban J connectivity index is 2.10. The fourth-order valence-electron chi connectivity index (χ4n) is 2.20. The molecule has 0 bridgehead atoms. The van der Waals surface area contributed by atoms with E-state index in [2.05, 4.69) is 32.0 Å². The van der Waals surface area contributed by atoms with Gasteiger partial charge in [-0.15, -0.1) is 0 Å². The molecule has 2 heteroatoms. The van der Waals surface area contributed by atoms with Gasteiger partial charge in [0.05, 0.1) is 0 Å². The van der Waals surface area contributed by atoms with E-state index in [1.54, 1.807) is 0 Å². The lowest BCUT2D eigenvalue weighted by Gasteiger charge is -2.11. The van der Waals surface area contributed by atoms with E-state index in [1.165, 1.54) is 24.0 Å². The number of unbranched alkanes of at least 4 members (excludes halogenated alkanes) is 1. The standard InChI is InChI=1S/C18H23NO/c1-3-4-5-15-7-9-17(10-8-15)20-18-11-6-14(2)12-16(18)13-19/h6-12H,3-5,13,19H2,1-2H3. The molecule has 0 aliphatic heterocycles. The zero-order valence-corrected chi connectivity index (χ0v) is 12.4. The molecule has 2 rings (SSSR count). The predicted octanol–water partition coefficient (Wildman–Crippen LogP) is 4.59. The average Bonchev–Trinajstić information content (AvgIpc) is 2.48. The summed E-state index contributed by atoms with van der Waals surface area (Å²) in [6, 6.07) is 14.5. The van der Waals surface area contributed by atoms with E-state index in [-0.39, 0.29) is 0 Å². The SMILES string of the molecule is CCCCc1ccc(Oc2ccc(C)cc2CN)cc1. The first-order chi connectivity index (χ1) is 9.72. The van der Waals surface area contributed by atoms with Crippen LogP contribution < -0.4 is 10.5 Å².